The predicted molar refractivity (Wildman–Crippen MR) is 110 cm³/mol. The third kappa shape index (κ3) is 5.25. The first kappa shape index (κ1) is 20.5. The van der Waals surface area contributed by atoms with Gasteiger partial charge in [-0.1, -0.05) is 0 Å². The molecule has 0 saturated carbocycles. The Morgan fingerprint density at radius 2 is 2.04 bits per heavy atom. The summed E-state index contributed by atoms with van der Waals surface area (Å²) in [5.41, 5.74) is 4.88. The number of halogens is 1. The van der Waals surface area contributed by atoms with Crippen LogP contribution in [0.15, 0.2) is 23.5 Å². The molecule has 24 heavy (non-hydrogen) atoms. The maximum atomic E-state index is 4.48. The van der Waals surface area contributed by atoms with Crippen LogP contribution < -0.4 is 10.6 Å². The molecule has 2 rings (SSSR count). The average molecular weight is 444 g/mol. The lowest BCUT2D eigenvalue weighted by atomic mass is 10.1. The molecule has 0 aliphatic rings. The molecule has 2 aromatic rings. The minimum absolute atomic E-state index is 0. The first-order valence-electron chi connectivity index (χ1n) is 7.97. The van der Waals surface area contributed by atoms with E-state index in [0.717, 1.165) is 24.6 Å². The molecule has 0 bridgehead atoms. The third-order valence-electron chi connectivity index (χ3n) is 4.13. The van der Waals surface area contributed by atoms with Crippen LogP contribution in [0.25, 0.3) is 0 Å². The van der Waals surface area contributed by atoms with E-state index in [2.05, 4.69) is 53.8 Å². The third-order valence-corrected chi connectivity index (χ3v) is 4.13. The molecule has 0 aliphatic carbocycles. The van der Waals surface area contributed by atoms with Gasteiger partial charge in [0, 0.05) is 51.8 Å². The largest absolute Gasteiger partial charge is 0.357 e. The minimum Gasteiger partial charge on any atom is -0.357 e. The van der Waals surface area contributed by atoms with Gasteiger partial charge in [0.1, 0.15) is 0 Å². The van der Waals surface area contributed by atoms with E-state index in [-0.39, 0.29) is 30.0 Å². The Morgan fingerprint density at radius 3 is 2.54 bits per heavy atom. The summed E-state index contributed by atoms with van der Waals surface area (Å²) in [7, 11) is 5.81. The summed E-state index contributed by atoms with van der Waals surface area (Å²) < 4.78 is 3.99. The number of hydrogen-bond acceptors (Lipinski definition) is 2. The highest BCUT2D eigenvalue weighted by Gasteiger charge is 2.14. The van der Waals surface area contributed by atoms with Gasteiger partial charge in [-0.2, -0.15) is 5.10 Å². The summed E-state index contributed by atoms with van der Waals surface area (Å²) in [5, 5.41) is 11.3. The minimum atomic E-state index is 0. The highest BCUT2D eigenvalue weighted by atomic mass is 127. The standard InChI is InChI=1S/C17H28N6.HI/c1-12(9-16-13(2)21-23(6)14(16)3)20-17(18-4)19-10-15-7-8-22(5)11-15;/h7-8,11-12H,9-10H2,1-6H3,(H2,18,19,20);1H. The first-order chi connectivity index (χ1) is 10.9. The summed E-state index contributed by atoms with van der Waals surface area (Å²) in [5.74, 6) is 0.820. The van der Waals surface area contributed by atoms with E-state index in [0.29, 0.717) is 0 Å². The molecule has 0 saturated heterocycles. The number of aromatic nitrogens is 3. The van der Waals surface area contributed by atoms with Gasteiger partial charge in [0.2, 0.25) is 0 Å². The van der Waals surface area contributed by atoms with Crippen molar-refractivity contribution in [3.05, 3.63) is 41.0 Å². The van der Waals surface area contributed by atoms with Gasteiger partial charge in [-0.15, -0.1) is 24.0 Å². The number of hydrogen-bond donors (Lipinski definition) is 2. The van der Waals surface area contributed by atoms with Crippen LogP contribution in [0, 0.1) is 13.8 Å². The van der Waals surface area contributed by atoms with Crippen LogP contribution in [0.5, 0.6) is 0 Å². The molecule has 0 spiro atoms. The van der Waals surface area contributed by atoms with Crippen LogP contribution in [0.2, 0.25) is 0 Å². The van der Waals surface area contributed by atoms with Crippen LogP contribution in [-0.4, -0.2) is 33.4 Å². The maximum absolute atomic E-state index is 4.48. The highest BCUT2D eigenvalue weighted by molar-refractivity contribution is 14.0. The normalized spacial score (nSPS) is 12.7. The second kappa shape index (κ2) is 9.10. The fraction of sp³-hybridized carbons (Fsp3) is 0.529. The molecule has 0 aliphatic heterocycles. The predicted octanol–water partition coefficient (Wildman–Crippen LogP) is 2.29. The first-order valence-corrected chi connectivity index (χ1v) is 7.97. The second-order valence-corrected chi connectivity index (χ2v) is 6.13. The number of nitrogens with zero attached hydrogens (tertiary/aromatic N) is 4. The summed E-state index contributed by atoms with van der Waals surface area (Å²) in [6.07, 6.45) is 5.08. The van der Waals surface area contributed by atoms with E-state index in [1.54, 1.807) is 7.05 Å². The van der Waals surface area contributed by atoms with E-state index in [9.17, 15) is 0 Å². The lowest BCUT2D eigenvalue weighted by molar-refractivity contribution is 0.635. The van der Waals surface area contributed by atoms with Gasteiger partial charge < -0.3 is 15.2 Å². The topological polar surface area (TPSA) is 59.2 Å². The lowest BCUT2D eigenvalue weighted by Gasteiger charge is -2.18. The zero-order valence-corrected chi connectivity index (χ0v) is 17.8. The van der Waals surface area contributed by atoms with Crippen molar-refractivity contribution in [3.8, 4) is 0 Å². The summed E-state index contributed by atoms with van der Waals surface area (Å²) in [6, 6.07) is 2.38. The van der Waals surface area contributed by atoms with Crippen molar-refractivity contribution in [1.82, 2.24) is 25.0 Å². The molecular formula is C17H29IN6. The highest BCUT2D eigenvalue weighted by Crippen LogP contribution is 2.14. The zero-order chi connectivity index (χ0) is 17.0. The Labute approximate surface area is 161 Å². The van der Waals surface area contributed by atoms with E-state index in [1.807, 2.05) is 29.5 Å². The fourth-order valence-electron chi connectivity index (χ4n) is 2.75. The van der Waals surface area contributed by atoms with Gasteiger partial charge in [-0.3, -0.25) is 9.67 Å². The van der Waals surface area contributed by atoms with E-state index < -0.39 is 0 Å². The zero-order valence-electron chi connectivity index (χ0n) is 15.4. The van der Waals surface area contributed by atoms with Gasteiger partial charge in [-0.25, -0.2) is 0 Å². The number of guanidine groups is 1. The number of aryl methyl sites for hydroxylation is 3. The summed E-state index contributed by atoms with van der Waals surface area (Å²) >= 11 is 0. The van der Waals surface area contributed by atoms with Crippen molar-refractivity contribution >= 4 is 29.9 Å². The molecule has 6 nitrogen and oxygen atoms in total. The Hall–Kier alpha value is -1.51. The quantitative estimate of drug-likeness (QED) is 0.423. The molecular weight excluding hydrogens is 415 g/mol. The van der Waals surface area contributed by atoms with Crippen molar-refractivity contribution in [3.63, 3.8) is 0 Å². The monoisotopic (exact) mass is 444 g/mol. The molecule has 2 aromatic heterocycles. The van der Waals surface area contributed by atoms with E-state index >= 15 is 0 Å². The second-order valence-electron chi connectivity index (χ2n) is 6.13. The number of rotatable bonds is 5. The Morgan fingerprint density at radius 1 is 1.33 bits per heavy atom. The molecule has 0 amide bonds. The SMILES string of the molecule is CN=C(NCc1ccn(C)c1)NC(C)Cc1c(C)nn(C)c1C.I. The van der Waals surface area contributed by atoms with Crippen LogP contribution in [-0.2, 0) is 27.1 Å². The van der Waals surface area contributed by atoms with Gasteiger partial charge in [-0.05, 0) is 44.4 Å². The lowest BCUT2D eigenvalue weighted by Crippen LogP contribution is -2.42. The van der Waals surface area contributed by atoms with Gasteiger partial charge >= 0.3 is 0 Å². The van der Waals surface area contributed by atoms with Crippen molar-refractivity contribution in [2.75, 3.05) is 7.05 Å². The van der Waals surface area contributed by atoms with Crippen molar-refractivity contribution in [2.24, 2.45) is 19.1 Å². The maximum Gasteiger partial charge on any atom is 0.191 e. The van der Waals surface area contributed by atoms with E-state index in [1.165, 1.54) is 16.8 Å². The van der Waals surface area contributed by atoms with Crippen LogP contribution in [0.3, 0.4) is 0 Å². The Balaban J connectivity index is 0.00000288. The van der Waals surface area contributed by atoms with E-state index in [4.69, 9.17) is 0 Å². The number of aliphatic imine (C=N–C) groups is 1. The van der Waals surface area contributed by atoms with Gasteiger partial charge in [0.15, 0.2) is 5.96 Å². The molecule has 134 valence electrons. The van der Waals surface area contributed by atoms with Crippen molar-refractivity contribution in [2.45, 2.75) is 39.8 Å². The molecule has 0 aromatic carbocycles. The number of nitrogens with one attached hydrogen (secondary N) is 2. The summed E-state index contributed by atoms with van der Waals surface area (Å²) in [6.45, 7) is 7.11. The molecule has 7 heteroatoms. The van der Waals surface area contributed by atoms with Gasteiger partial charge in [0.05, 0.1) is 5.69 Å². The molecule has 2 N–H and O–H groups in total. The molecule has 1 atom stereocenters. The van der Waals surface area contributed by atoms with Crippen LogP contribution in [0.4, 0.5) is 0 Å². The smallest absolute Gasteiger partial charge is 0.191 e. The van der Waals surface area contributed by atoms with Crippen LogP contribution >= 0.6 is 24.0 Å². The van der Waals surface area contributed by atoms with Crippen molar-refractivity contribution in [1.29, 1.82) is 0 Å². The molecule has 0 radical (unpaired) electrons. The van der Waals surface area contributed by atoms with Crippen molar-refractivity contribution < 1.29 is 0 Å². The fourth-order valence-corrected chi connectivity index (χ4v) is 2.75. The van der Waals surface area contributed by atoms with Crippen LogP contribution in [0.1, 0.15) is 29.4 Å². The Kier molecular flexibility index (Phi) is 7.78. The molecule has 1 unspecified atom stereocenters. The average Bonchev–Trinajstić information content (AvgIpc) is 3.02. The van der Waals surface area contributed by atoms with Gasteiger partial charge in [0.25, 0.3) is 0 Å². The molecule has 2 heterocycles. The summed E-state index contributed by atoms with van der Waals surface area (Å²) in [4.78, 5) is 4.31. The molecule has 0 fully saturated rings. The Bertz CT molecular complexity index is 685.